The molecule has 20 heavy (non-hydrogen) atoms. The number of rotatable bonds is 4. The Morgan fingerprint density at radius 3 is 2.40 bits per heavy atom. The topological polar surface area (TPSA) is 15.3 Å². The molecule has 0 amide bonds. The van der Waals surface area contributed by atoms with E-state index >= 15 is 0 Å². The van der Waals surface area contributed by atoms with Crippen LogP contribution in [0.2, 0.25) is 0 Å². The Morgan fingerprint density at radius 1 is 1.15 bits per heavy atom. The van der Waals surface area contributed by atoms with Crippen LogP contribution >= 0.6 is 0 Å². The van der Waals surface area contributed by atoms with Gasteiger partial charge >= 0.3 is 0 Å². The molecule has 2 rings (SSSR count). The highest BCUT2D eigenvalue weighted by atomic mass is 15.3. The lowest BCUT2D eigenvalue weighted by molar-refractivity contribution is -0.00499. The van der Waals surface area contributed by atoms with Crippen molar-refractivity contribution >= 4 is 0 Å². The molecule has 2 nitrogen and oxygen atoms in total. The Labute approximate surface area is 126 Å². The number of nitrogens with one attached hydrogen (secondary N) is 1. The van der Waals surface area contributed by atoms with Gasteiger partial charge in [-0.3, -0.25) is 4.90 Å². The molecule has 2 heteroatoms. The fraction of sp³-hybridized carbons (Fsp3) is 1.00. The quantitative estimate of drug-likeness (QED) is 0.835. The molecular formula is C18H36N2. The molecule has 1 aliphatic carbocycles. The van der Waals surface area contributed by atoms with Crippen LogP contribution in [0, 0.1) is 11.8 Å². The van der Waals surface area contributed by atoms with Crippen molar-refractivity contribution < 1.29 is 0 Å². The van der Waals surface area contributed by atoms with Crippen molar-refractivity contribution in [1.29, 1.82) is 0 Å². The SMILES string of the molecule is CCC1(CC)CN(C2CCCCC2C(C)C)C(C)CN1. The van der Waals surface area contributed by atoms with Crippen molar-refractivity contribution in [3.8, 4) is 0 Å². The molecule has 0 aromatic carbocycles. The minimum atomic E-state index is 0.367. The average Bonchev–Trinajstić information content (AvgIpc) is 2.48. The molecule has 118 valence electrons. The molecule has 2 aliphatic rings. The standard InChI is InChI=1S/C18H36N2/c1-6-18(7-2)13-20(15(5)12-19-18)17-11-9-8-10-16(17)14(3)4/h14-17,19H,6-13H2,1-5H3. The van der Waals surface area contributed by atoms with Crippen LogP contribution in [-0.2, 0) is 0 Å². The molecule has 0 aromatic heterocycles. The summed E-state index contributed by atoms with van der Waals surface area (Å²) in [5.41, 5.74) is 0.367. The lowest BCUT2D eigenvalue weighted by Gasteiger charge is -2.52. The zero-order chi connectivity index (χ0) is 14.8. The molecule has 0 spiro atoms. The third kappa shape index (κ3) is 3.22. The highest BCUT2D eigenvalue weighted by molar-refractivity contribution is 4.99. The van der Waals surface area contributed by atoms with Gasteiger partial charge in [-0.15, -0.1) is 0 Å². The van der Waals surface area contributed by atoms with Crippen molar-refractivity contribution in [2.24, 2.45) is 11.8 Å². The zero-order valence-electron chi connectivity index (χ0n) is 14.4. The second kappa shape index (κ2) is 6.79. The van der Waals surface area contributed by atoms with E-state index in [2.05, 4.69) is 44.8 Å². The molecule has 0 aromatic rings. The fourth-order valence-corrected chi connectivity index (χ4v) is 4.54. The van der Waals surface area contributed by atoms with Crippen LogP contribution in [0.5, 0.6) is 0 Å². The van der Waals surface area contributed by atoms with E-state index in [0.29, 0.717) is 11.6 Å². The molecular weight excluding hydrogens is 244 g/mol. The Kier molecular flexibility index (Phi) is 5.53. The first kappa shape index (κ1) is 16.3. The van der Waals surface area contributed by atoms with Crippen molar-refractivity contribution in [3.63, 3.8) is 0 Å². The van der Waals surface area contributed by atoms with Gasteiger partial charge in [0.1, 0.15) is 0 Å². The molecule has 1 saturated heterocycles. The predicted molar refractivity (Wildman–Crippen MR) is 88.1 cm³/mol. The normalized spacial score (nSPS) is 35.4. The lowest BCUT2D eigenvalue weighted by Crippen LogP contribution is -2.66. The smallest absolute Gasteiger partial charge is 0.0304 e. The minimum absolute atomic E-state index is 0.367. The molecule has 0 bridgehead atoms. The Balaban J connectivity index is 2.14. The van der Waals surface area contributed by atoms with Gasteiger partial charge in [-0.25, -0.2) is 0 Å². The molecule has 3 atom stereocenters. The van der Waals surface area contributed by atoms with E-state index in [0.717, 1.165) is 17.9 Å². The van der Waals surface area contributed by atoms with Gasteiger partial charge in [0, 0.05) is 30.7 Å². The maximum atomic E-state index is 3.85. The van der Waals surface area contributed by atoms with Gasteiger partial charge in [-0.05, 0) is 44.4 Å². The first-order valence-corrected chi connectivity index (χ1v) is 9.03. The van der Waals surface area contributed by atoms with Crippen molar-refractivity contribution in [3.05, 3.63) is 0 Å². The first-order valence-electron chi connectivity index (χ1n) is 9.03. The molecule has 3 unspecified atom stereocenters. The number of hydrogen-bond acceptors (Lipinski definition) is 2. The second-order valence-corrected chi connectivity index (χ2v) is 7.65. The van der Waals surface area contributed by atoms with Crippen LogP contribution in [0.25, 0.3) is 0 Å². The van der Waals surface area contributed by atoms with Gasteiger partial charge in [0.25, 0.3) is 0 Å². The van der Waals surface area contributed by atoms with Gasteiger partial charge in [-0.2, -0.15) is 0 Å². The summed E-state index contributed by atoms with van der Waals surface area (Å²) in [4.78, 5) is 2.88. The third-order valence-corrected chi connectivity index (χ3v) is 6.24. The number of hydrogen-bond donors (Lipinski definition) is 1. The maximum absolute atomic E-state index is 3.85. The van der Waals surface area contributed by atoms with Crippen LogP contribution in [0.1, 0.15) is 73.1 Å². The summed E-state index contributed by atoms with van der Waals surface area (Å²) < 4.78 is 0. The monoisotopic (exact) mass is 280 g/mol. The molecule has 0 radical (unpaired) electrons. The van der Waals surface area contributed by atoms with Crippen LogP contribution in [-0.4, -0.2) is 35.6 Å². The van der Waals surface area contributed by atoms with Crippen LogP contribution in [0.15, 0.2) is 0 Å². The Bertz CT molecular complexity index is 296. The molecule has 1 N–H and O–H groups in total. The predicted octanol–water partition coefficient (Wildman–Crippen LogP) is 4.05. The molecule has 1 aliphatic heterocycles. The minimum Gasteiger partial charge on any atom is -0.308 e. The van der Waals surface area contributed by atoms with Gasteiger partial charge in [-0.1, -0.05) is 40.5 Å². The van der Waals surface area contributed by atoms with Crippen LogP contribution in [0.4, 0.5) is 0 Å². The summed E-state index contributed by atoms with van der Waals surface area (Å²) >= 11 is 0. The third-order valence-electron chi connectivity index (χ3n) is 6.24. The van der Waals surface area contributed by atoms with Crippen molar-refractivity contribution in [2.45, 2.75) is 90.8 Å². The van der Waals surface area contributed by atoms with E-state index in [4.69, 9.17) is 0 Å². The van der Waals surface area contributed by atoms with E-state index < -0.39 is 0 Å². The zero-order valence-corrected chi connectivity index (χ0v) is 14.4. The van der Waals surface area contributed by atoms with Gasteiger partial charge in [0.2, 0.25) is 0 Å². The highest BCUT2D eigenvalue weighted by Gasteiger charge is 2.41. The molecule has 1 saturated carbocycles. The van der Waals surface area contributed by atoms with Gasteiger partial charge < -0.3 is 5.32 Å². The van der Waals surface area contributed by atoms with E-state index in [-0.39, 0.29) is 0 Å². The summed E-state index contributed by atoms with van der Waals surface area (Å²) in [6.45, 7) is 14.4. The summed E-state index contributed by atoms with van der Waals surface area (Å²) in [5.74, 6) is 1.75. The van der Waals surface area contributed by atoms with E-state index in [9.17, 15) is 0 Å². The Hall–Kier alpha value is -0.0800. The summed E-state index contributed by atoms with van der Waals surface area (Å²) in [6.07, 6.45) is 8.28. The summed E-state index contributed by atoms with van der Waals surface area (Å²) in [6, 6.07) is 1.53. The maximum Gasteiger partial charge on any atom is 0.0304 e. The second-order valence-electron chi connectivity index (χ2n) is 7.65. The number of piperazine rings is 1. The largest absolute Gasteiger partial charge is 0.308 e. The number of nitrogens with zero attached hydrogens (tertiary/aromatic N) is 1. The average molecular weight is 280 g/mol. The first-order chi connectivity index (χ1) is 9.53. The summed E-state index contributed by atoms with van der Waals surface area (Å²) in [5, 5.41) is 3.85. The fourth-order valence-electron chi connectivity index (χ4n) is 4.54. The van der Waals surface area contributed by atoms with E-state index in [1.165, 1.54) is 51.6 Å². The summed E-state index contributed by atoms with van der Waals surface area (Å²) in [7, 11) is 0. The molecule has 1 heterocycles. The highest BCUT2D eigenvalue weighted by Crippen LogP contribution is 2.36. The Morgan fingerprint density at radius 2 is 1.80 bits per heavy atom. The van der Waals surface area contributed by atoms with Gasteiger partial charge in [0.05, 0.1) is 0 Å². The van der Waals surface area contributed by atoms with E-state index in [1.54, 1.807) is 0 Å². The van der Waals surface area contributed by atoms with E-state index in [1.807, 2.05) is 0 Å². The van der Waals surface area contributed by atoms with Crippen molar-refractivity contribution in [2.75, 3.05) is 13.1 Å². The lowest BCUT2D eigenvalue weighted by atomic mass is 9.75. The van der Waals surface area contributed by atoms with Crippen molar-refractivity contribution in [1.82, 2.24) is 10.2 Å². The van der Waals surface area contributed by atoms with Gasteiger partial charge in [0.15, 0.2) is 0 Å². The van der Waals surface area contributed by atoms with Crippen LogP contribution < -0.4 is 5.32 Å². The molecule has 2 fully saturated rings. The van der Waals surface area contributed by atoms with Crippen LogP contribution in [0.3, 0.4) is 0 Å².